The van der Waals surface area contributed by atoms with Gasteiger partial charge in [0.15, 0.2) is 5.82 Å². The lowest BCUT2D eigenvalue weighted by Crippen LogP contribution is -2.19. The Morgan fingerprint density at radius 1 is 1.47 bits per heavy atom. The van der Waals surface area contributed by atoms with Crippen molar-refractivity contribution in [3.63, 3.8) is 0 Å². The molecule has 0 unspecified atom stereocenters. The summed E-state index contributed by atoms with van der Waals surface area (Å²) in [5.74, 6) is 0.711. The molecule has 0 saturated heterocycles. The number of hydrogen-bond donors (Lipinski definition) is 1. The molecule has 15 heavy (non-hydrogen) atoms. The predicted molar refractivity (Wildman–Crippen MR) is 52.7 cm³/mol. The van der Waals surface area contributed by atoms with E-state index in [-0.39, 0.29) is 0 Å². The SMILES string of the molecule is Cn1nnc(CNCCn2ccnc2)n1. The van der Waals surface area contributed by atoms with Crippen LogP contribution in [0.3, 0.4) is 0 Å². The van der Waals surface area contributed by atoms with E-state index in [1.54, 1.807) is 19.6 Å². The highest BCUT2D eigenvalue weighted by molar-refractivity contribution is 4.76. The smallest absolute Gasteiger partial charge is 0.188 e. The first-order valence-corrected chi connectivity index (χ1v) is 4.74. The number of nitrogens with zero attached hydrogens (tertiary/aromatic N) is 6. The standard InChI is InChI=1S/C8H13N7/c1-14-12-8(11-13-14)6-9-2-4-15-5-3-10-7-15/h3,5,7,9H,2,4,6H2,1H3. The number of nitrogens with one attached hydrogen (secondary N) is 1. The Morgan fingerprint density at radius 2 is 2.40 bits per heavy atom. The lowest BCUT2D eigenvalue weighted by atomic mass is 10.5. The van der Waals surface area contributed by atoms with E-state index in [9.17, 15) is 0 Å². The molecule has 2 aromatic rings. The molecule has 0 fully saturated rings. The number of tetrazole rings is 1. The van der Waals surface area contributed by atoms with Crippen molar-refractivity contribution in [2.75, 3.05) is 6.54 Å². The number of aromatic nitrogens is 6. The molecule has 2 aromatic heterocycles. The van der Waals surface area contributed by atoms with E-state index >= 15 is 0 Å². The topological polar surface area (TPSA) is 73.5 Å². The average molecular weight is 207 g/mol. The van der Waals surface area contributed by atoms with Crippen LogP contribution in [0.2, 0.25) is 0 Å². The molecule has 0 radical (unpaired) electrons. The van der Waals surface area contributed by atoms with Gasteiger partial charge in [0.2, 0.25) is 0 Å². The maximum absolute atomic E-state index is 4.06. The van der Waals surface area contributed by atoms with Gasteiger partial charge in [0.25, 0.3) is 0 Å². The van der Waals surface area contributed by atoms with Crippen LogP contribution in [0, 0.1) is 0 Å². The molecule has 0 atom stereocenters. The van der Waals surface area contributed by atoms with Crippen molar-refractivity contribution in [1.82, 2.24) is 35.1 Å². The van der Waals surface area contributed by atoms with E-state index in [0.717, 1.165) is 13.1 Å². The van der Waals surface area contributed by atoms with Crippen LogP contribution in [0.1, 0.15) is 5.82 Å². The summed E-state index contributed by atoms with van der Waals surface area (Å²) < 4.78 is 2.01. The number of hydrogen-bond acceptors (Lipinski definition) is 5. The normalized spacial score (nSPS) is 10.7. The van der Waals surface area contributed by atoms with Crippen LogP contribution in [0.5, 0.6) is 0 Å². The zero-order valence-corrected chi connectivity index (χ0v) is 8.54. The second kappa shape index (κ2) is 4.65. The predicted octanol–water partition coefficient (Wildman–Crippen LogP) is -0.804. The van der Waals surface area contributed by atoms with E-state index < -0.39 is 0 Å². The molecule has 0 amide bonds. The number of rotatable bonds is 5. The van der Waals surface area contributed by atoms with Crippen molar-refractivity contribution < 1.29 is 0 Å². The average Bonchev–Trinajstić information content (AvgIpc) is 2.84. The molecule has 80 valence electrons. The third kappa shape index (κ3) is 2.84. The molecule has 7 heteroatoms. The summed E-state index contributed by atoms with van der Waals surface area (Å²) in [5.41, 5.74) is 0. The van der Waals surface area contributed by atoms with Crippen LogP contribution in [0.15, 0.2) is 18.7 Å². The van der Waals surface area contributed by atoms with Crippen LogP contribution >= 0.6 is 0 Å². The van der Waals surface area contributed by atoms with Crippen molar-refractivity contribution in [3.8, 4) is 0 Å². The molecule has 2 heterocycles. The van der Waals surface area contributed by atoms with Crippen molar-refractivity contribution in [2.45, 2.75) is 13.1 Å². The summed E-state index contributed by atoms with van der Waals surface area (Å²) in [7, 11) is 1.75. The third-order valence-corrected chi connectivity index (χ3v) is 1.94. The molecular formula is C8H13N7. The first kappa shape index (κ1) is 9.78. The largest absolute Gasteiger partial charge is 0.336 e. The lowest BCUT2D eigenvalue weighted by Gasteiger charge is -2.02. The van der Waals surface area contributed by atoms with Gasteiger partial charge in [-0.05, 0) is 5.21 Å². The van der Waals surface area contributed by atoms with Gasteiger partial charge in [-0.15, -0.1) is 10.2 Å². The summed E-state index contributed by atoms with van der Waals surface area (Å²) in [6.07, 6.45) is 5.49. The maximum atomic E-state index is 4.06. The molecular weight excluding hydrogens is 194 g/mol. The van der Waals surface area contributed by atoms with Gasteiger partial charge in [-0.2, -0.15) is 4.80 Å². The third-order valence-electron chi connectivity index (χ3n) is 1.94. The molecule has 0 aliphatic heterocycles. The first-order valence-electron chi connectivity index (χ1n) is 4.74. The van der Waals surface area contributed by atoms with Crippen LogP contribution in [0.4, 0.5) is 0 Å². The van der Waals surface area contributed by atoms with Crippen molar-refractivity contribution >= 4 is 0 Å². The van der Waals surface area contributed by atoms with E-state index in [4.69, 9.17) is 0 Å². The van der Waals surface area contributed by atoms with Crippen LogP contribution < -0.4 is 5.32 Å². The molecule has 0 aliphatic rings. The molecule has 1 N–H and O–H groups in total. The fourth-order valence-electron chi connectivity index (χ4n) is 1.22. The van der Waals surface area contributed by atoms with Crippen LogP contribution in [0.25, 0.3) is 0 Å². The Balaban J connectivity index is 1.67. The Bertz CT molecular complexity index is 391. The van der Waals surface area contributed by atoms with Crippen molar-refractivity contribution in [3.05, 3.63) is 24.5 Å². The van der Waals surface area contributed by atoms with Gasteiger partial charge in [0.1, 0.15) is 0 Å². The first-order chi connectivity index (χ1) is 7.34. The zero-order valence-electron chi connectivity index (χ0n) is 8.54. The second-order valence-corrected chi connectivity index (χ2v) is 3.17. The summed E-state index contributed by atoms with van der Waals surface area (Å²) in [4.78, 5) is 5.41. The van der Waals surface area contributed by atoms with E-state index in [2.05, 4.69) is 25.7 Å². The fourth-order valence-corrected chi connectivity index (χ4v) is 1.22. The molecule has 0 aromatic carbocycles. The molecule has 0 aliphatic carbocycles. The highest BCUT2D eigenvalue weighted by Gasteiger charge is 1.98. The zero-order chi connectivity index (χ0) is 10.5. The van der Waals surface area contributed by atoms with E-state index in [1.165, 1.54) is 4.80 Å². The molecule has 2 rings (SSSR count). The van der Waals surface area contributed by atoms with E-state index in [0.29, 0.717) is 12.4 Å². The minimum Gasteiger partial charge on any atom is -0.336 e. The summed E-state index contributed by atoms with van der Waals surface area (Å²) in [5, 5.41) is 14.9. The lowest BCUT2D eigenvalue weighted by molar-refractivity contribution is 0.581. The Hall–Kier alpha value is -1.76. The van der Waals surface area contributed by atoms with Crippen molar-refractivity contribution in [1.29, 1.82) is 0 Å². The summed E-state index contributed by atoms with van der Waals surface area (Å²) in [6, 6.07) is 0. The Kier molecular flexibility index (Phi) is 3.03. The fraction of sp³-hybridized carbons (Fsp3) is 0.500. The summed E-state index contributed by atoms with van der Waals surface area (Å²) >= 11 is 0. The van der Waals surface area contributed by atoms with Crippen molar-refractivity contribution in [2.24, 2.45) is 7.05 Å². The summed E-state index contributed by atoms with van der Waals surface area (Å²) in [6.45, 7) is 2.39. The molecule has 7 nitrogen and oxygen atoms in total. The number of imidazole rings is 1. The minimum absolute atomic E-state index is 0.641. The van der Waals surface area contributed by atoms with Gasteiger partial charge in [-0.3, -0.25) is 0 Å². The van der Waals surface area contributed by atoms with Gasteiger partial charge in [-0.1, -0.05) is 0 Å². The van der Waals surface area contributed by atoms with Gasteiger partial charge < -0.3 is 9.88 Å². The number of aryl methyl sites for hydroxylation is 1. The second-order valence-electron chi connectivity index (χ2n) is 3.17. The Labute approximate surface area is 87.1 Å². The van der Waals surface area contributed by atoms with Gasteiger partial charge in [0, 0.05) is 25.5 Å². The maximum Gasteiger partial charge on any atom is 0.188 e. The Morgan fingerprint density at radius 3 is 3.07 bits per heavy atom. The van der Waals surface area contributed by atoms with Gasteiger partial charge >= 0.3 is 0 Å². The van der Waals surface area contributed by atoms with E-state index in [1.807, 2.05) is 10.8 Å². The molecule has 0 bridgehead atoms. The van der Waals surface area contributed by atoms with Gasteiger partial charge in [0.05, 0.1) is 19.9 Å². The van der Waals surface area contributed by atoms with Gasteiger partial charge in [-0.25, -0.2) is 4.98 Å². The van der Waals surface area contributed by atoms with Crippen LogP contribution in [-0.2, 0) is 20.1 Å². The molecule has 0 spiro atoms. The minimum atomic E-state index is 0.641. The molecule has 0 saturated carbocycles. The quantitative estimate of drug-likeness (QED) is 0.649. The highest BCUT2D eigenvalue weighted by atomic mass is 15.6. The monoisotopic (exact) mass is 207 g/mol. The van der Waals surface area contributed by atoms with Crippen LogP contribution in [-0.4, -0.2) is 36.3 Å². The highest BCUT2D eigenvalue weighted by Crippen LogP contribution is 1.86.